The Balaban J connectivity index is 2.14. The van der Waals surface area contributed by atoms with Crippen molar-refractivity contribution in [2.45, 2.75) is 37.8 Å². The van der Waals surface area contributed by atoms with Crippen LogP contribution in [0.5, 0.6) is 5.75 Å². The Hall–Kier alpha value is -1.55. The van der Waals surface area contributed by atoms with Crippen molar-refractivity contribution in [1.29, 1.82) is 0 Å². The minimum atomic E-state index is 0.0312. The number of carbonyl (C=O) groups excluding carboxylic acids is 1. The molecule has 2 atom stereocenters. The minimum Gasteiger partial charge on any atom is -0.508 e. The second-order valence-corrected chi connectivity index (χ2v) is 5.85. The molecule has 110 valence electrons. The third kappa shape index (κ3) is 3.12. The molecule has 1 aromatic carbocycles. The van der Waals surface area contributed by atoms with Crippen molar-refractivity contribution in [3.63, 3.8) is 0 Å². The summed E-state index contributed by atoms with van der Waals surface area (Å²) >= 11 is 0. The van der Waals surface area contributed by atoms with Crippen molar-refractivity contribution in [3.05, 3.63) is 29.8 Å². The van der Waals surface area contributed by atoms with Crippen LogP contribution in [0.3, 0.4) is 0 Å². The molecule has 1 aliphatic carbocycles. The number of carbonyl (C=O) groups is 1. The third-order valence-electron chi connectivity index (χ3n) is 4.29. The van der Waals surface area contributed by atoms with E-state index in [4.69, 9.17) is 0 Å². The molecular formula is C16H24N2O2. The lowest BCUT2D eigenvalue weighted by molar-refractivity contribution is 0.0544. The number of nitrogens with zero attached hydrogens (tertiary/aromatic N) is 2. The fourth-order valence-electron chi connectivity index (χ4n) is 3.10. The van der Waals surface area contributed by atoms with Gasteiger partial charge in [0.05, 0.1) is 0 Å². The van der Waals surface area contributed by atoms with Crippen LogP contribution in [0.2, 0.25) is 0 Å². The normalized spacial score (nSPS) is 22.8. The molecule has 0 heterocycles. The molecule has 1 saturated carbocycles. The van der Waals surface area contributed by atoms with Crippen molar-refractivity contribution in [2.75, 3.05) is 21.1 Å². The van der Waals surface area contributed by atoms with Gasteiger partial charge in [0.15, 0.2) is 0 Å². The molecule has 1 unspecified atom stereocenters. The molecule has 0 radical (unpaired) electrons. The van der Waals surface area contributed by atoms with Gasteiger partial charge in [-0.15, -0.1) is 0 Å². The van der Waals surface area contributed by atoms with Crippen LogP contribution in [0.4, 0.5) is 0 Å². The summed E-state index contributed by atoms with van der Waals surface area (Å²) in [6.07, 6.45) is 4.62. The molecule has 0 bridgehead atoms. The van der Waals surface area contributed by atoms with Crippen molar-refractivity contribution < 1.29 is 9.90 Å². The van der Waals surface area contributed by atoms with Gasteiger partial charge in [-0.05, 0) is 51.2 Å². The van der Waals surface area contributed by atoms with Gasteiger partial charge in [0, 0.05) is 24.7 Å². The highest BCUT2D eigenvalue weighted by Gasteiger charge is 2.32. The number of rotatable bonds is 3. The monoisotopic (exact) mass is 276 g/mol. The predicted octanol–water partition coefficient (Wildman–Crippen LogP) is 2.34. The first kappa shape index (κ1) is 14.9. The van der Waals surface area contributed by atoms with Gasteiger partial charge >= 0.3 is 0 Å². The SMILES string of the molecule is CN(C(=O)c1ccc(O)cc1)C1CCCC[C@H]1N(C)C. The first-order chi connectivity index (χ1) is 9.50. The first-order valence-corrected chi connectivity index (χ1v) is 7.23. The highest BCUT2D eigenvalue weighted by atomic mass is 16.3. The molecule has 1 fully saturated rings. The predicted molar refractivity (Wildman–Crippen MR) is 79.9 cm³/mol. The number of hydrogen-bond donors (Lipinski definition) is 1. The summed E-state index contributed by atoms with van der Waals surface area (Å²) < 4.78 is 0. The van der Waals surface area contributed by atoms with E-state index < -0.39 is 0 Å². The van der Waals surface area contributed by atoms with Gasteiger partial charge in [0.2, 0.25) is 0 Å². The van der Waals surface area contributed by atoms with E-state index in [-0.39, 0.29) is 17.7 Å². The van der Waals surface area contributed by atoms with Crippen molar-refractivity contribution >= 4 is 5.91 Å². The van der Waals surface area contributed by atoms with Crippen molar-refractivity contribution in [2.24, 2.45) is 0 Å². The van der Waals surface area contributed by atoms with Crippen LogP contribution >= 0.6 is 0 Å². The van der Waals surface area contributed by atoms with Gasteiger partial charge in [-0.1, -0.05) is 12.8 Å². The average Bonchev–Trinajstić information content (AvgIpc) is 2.46. The van der Waals surface area contributed by atoms with Gasteiger partial charge < -0.3 is 14.9 Å². The van der Waals surface area contributed by atoms with E-state index in [1.807, 2.05) is 11.9 Å². The molecule has 0 spiro atoms. The second-order valence-electron chi connectivity index (χ2n) is 5.85. The molecule has 0 aromatic heterocycles. The fraction of sp³-hybridized carbons (Fsp3) is 0.562. The molecule has 4 nitrogen and oxygen atoms in total. The van der Waals surface area contributed by atoms with Crippen LogP contribution in [0.1, 0.15) is 36.0 Å². The quantitative estimate of drug-likeness (QED) is 0.921. The van der Waals surface area contributed by atoms with E-state index in [9.17, 15) is 9.90 Å². The Kier molecular flexibility index (Phi) is 4.65. The lowest BCUT2D eigenvalue weighted by Crippen LogP contribution is -2.51. The molecule has 1 N–H and O–H groups in total. The lowest BCUT2D eigenvalue weighted by atomic mass is 9.88. The van der Waals surface area contributed by atoms with Crippen molar-refractivity contribution in [3.8, 4) is 5.75 Å². The van der Waals surface area contributed by atoms with Gasteiger partial charge in [0.1, 0.15) is 5.75 Å². The summed E-state index contributed by atoms with van der Waals surface area (Å²) in [4.78, 5) is 16.6. The largest absolute Gasteiger partial charge is 0.508 e. The smallest absolute Gasteiger partial charge is 0.253 e. The lowest BCUT2D eigenvalue weighted by Gasteiger charge is -2.41. The first-order valence-electron chi connectivity index (χ1n) is 7.23. The Morgan fingerprint density at radius 2 is 1.60 bits per heavy atom. The summed E-state index contributed by atoms with van der Waals surface area (Å²) in [5.41, 5.74) is 0.633. The summed E-state index contributed by atoms with van der Waals surface area (Å²) in [5, 5.41) is 9.31. The van der Waals surface area contributed by atoms with E-state index in [2.05, 4.69) is 19.0 Å². The summed E-state index contributed by atoms with van der Waals surface area (Å²) in [7, 11) is 6.06. The highest BCUT2D eigenvalue weighted by Crippen LogP contribution is 2.26. The second kappa shape index (κ2) is 6.27. The number of hydrogen-bond acceptors (Lipinski definition) is 3. The van der Waals surface area contributed by atoms with Crippen LogP contribution in [-0.2, 0) is 0 Å². The molecule has 2 rings (SSSR count). The Bertz CT molecular complexity index is 456. The maximum Gasteiger partial charge on any atom is 0.253 e. The molecular weight excluding hydrogens is 252 g/mol. The molecule has 0 aliphatic heterocycles. The number of aromatic hydroxyl groups is 1. The van der Waals surface area contributed by atoms with E-state index in [1.54, 1.807) is 24.3 Å². The maximum absolute atomic E-state index is 12.5. The fourth-order valence-corrected chi connectivity index (χ4v) is 3.10. The van der Waals surface area contributed by atoms with Gasteiger partial charge in [-0.2, -0.15) is 0 Å². The average molecular weight is 276 g/mol. The molecule has 0 saturated heterocycles. The Morgan fingerprint density at radius 1 is 1.05 bits per heavy atom. The maximum atomic E-state index is 12.5. The van der Waals surface area contributed by atoms with Crippen LogP contribution < -0.4 is 0 Å². The van der Waals surface area contributed by atoms with E-state index in [1.165, 1.54) is 12.8 Å². The van der Waals surface area contributed by atoms with Crippen LogP contribution in [0.25, 0.3) is 0 Å². The number of benzene rings is 1. The molecule has 1 amide bonds. The molecule has 20 heavy (non-hydrogen) atoms. The van der Waals surface area contributed by atoms with E-state index in [0.717, 1.165) is 12.8 Å². The topological polar surface area (TPSA) is 43.8 Å². The molecule has 1 aromatic rings. The van der Waals surface area contributed by atoms with E-state index in [0.29, 0.717) is 11.6 Å². The number of phenolic OH excluding ortho intramolecular Hbond substituents is 1. The van der Waals surface area contributed by atoms with Gasteiger partial charge in [-0.3, -0.25) is 4.79 Å². The highest BCUT2D eigenvalue weighted by molar-refractivity contribution is 5.94. The Morgan fingerprint density at radius 3 is 2.15 bits per heavy atom. The van der Waals surface area contributed by atoms with Gasteiger partial charge in [-0.25, -0.2) is 0 Å². The zero-order valence-corrected chi connectivity index (χ0v) is 12.5. The van der Waals surface area contributed by atoms with Crippen LogP contribution in [0.15, 0.2) is 24.3 Å². The summed E-state index contributed by atoms with van der Waals surface area (Å²) in [5.74, 6) is 0.219. The molecule has 1 aliphatic rings. The third-order valence-corrected chi connectivity index (χ3v) is 4.29. The van der Waals surface area contributed by atoms with Crippen LogP contribution in [-0.4, -0.2) is 54.0 Å². The van der Waals surface area contributed by atoms with Gasteiger partial charge in [0.25, 0.3) is 5.91 Å². The number of phenols is 1. The van der Waals surface area contributed by atoms with Crippen molar-refractivity contribution in [1.82, 2.24) is 9.80 Å². The zero-order valence-electron chi connectivity index (χ0n) is 12.5. The Labute approximate surface area is 121 Å². The van der Waals surface area contributed by atoms with E-state index >= 15 is 0 Å². The summed E-state index contributed by atoms with van der Waals surface area (Å²) in [6.45, 7) is 0. The zero-order chi connectivity index (χ0) is 14.7. The minimum absolute atomic E-state index is 0.0312. The number of likely N-dealkylation sites (N-methyl/N-ethyl adjacent to an activating group) is 2. The summed E-state index contributed by atoms with van der Waals surface area (Å²) in [6, 6.07) is 7.18. The number of amides is 1. The standard InChI is InChI=1S/C16H24N2O2/c1-17(2)14-6-4-5-7-15(14)18(3)16(20)12-8-10-13(19)11-9-12/h8-11,14-15,19H,4-7H2,1-3H3/t14-,15?/m1/s1. The van der Waals surface area contributed by atoms with Crippen LogP contribution in [0, 0.1) is 0 Å². The molecule has 4 heteroatoms.